The van der Waals surface area contributed by atoms with Gasteiger partial charge in [0, 0.05) is 24.5 Å². The molecule has 3 fully saturated rings. The lowest BCUT2D eigenvalue weighted by Gasteiger charge is -2.45. The number of nitrogens with zero attached hydrogens (tertiary/aromatic N) is 1. The van der Waals surface area contributed by atoms with Crippen LogP contribution in [0.5, 0.6) is 0 Å². The molecule has 2 amide bonds. The molecule has 0 bridgehead atoms. The SMILES string of the molecule is COC(=O)NC1(C)CC(C(=O)N2C[C@H]3[C@H](c4ccc(C)c(C(F)(F)F)c4)[C@@]3(C)C2)C1. The van der Waals surface area contributed by atoms with Crippen LogP contribution in [-0.4, -0.2) is 42.6 Å². The fraction of sp³-hybridized carbons (Fsp3) is 0.636. The molecule has 1 aromatic carbocycles. The third-order valence-electron chi connectivity index (χ3n) is 7.37. The van der Waals surface area contributed by atoms with E-state index in [1.165, 1.54) is 20.1 Å². The predicted octanol–water partition coefficient (Wildman–Crippen LogP) is 4.10. The molecule has 1 aliphatic heterocycles. The standard InChI is InChI=1S/C22H27F3N2O3/c1-12-5-6-13(7-15(12)22(23,24)25)17-16-10-27(11-21(16,17)3)18(28)14-8-20(2,9-14)26-19(29)30-4/h5-7,14,16-17H,8-11H2,1-4H3,(H,26,29)/t14?,16-,17-,20?,21-/m0/s1. The Hall–Kier alpha value is -2.25. The van der Waals surface area contributed by atoms with Crippen LogP contribution in [0.3, 0.4) is 0 Å². The number of aryl methyl sites for hydroxylation is 1. The molecule has 3 aliphatic rings. The number of alkyl carbamates (subject to hydrolysis) is 1. The van der Waals surface area contributed by atoms with Gasteiger partial charge < -0.3 is 15.0 Å². The summed E-state index contributed by atoms with van der Waals surface area (Å²) in [5, 5.41) is 2.77. The first-order valence-corrected chi connectivity index (χ1v) is 10.2. The third-order valence-corrected chi connectivity index (χ3v) is 7.37. The van der Waals surface area contributed by atoms with Crippen molar-refractivity contribution in [3.63, 3.8) is 0 Å². The number of hydrogen-bond acceptors (Lipinski definition) is 3. The smallest absolute Gasteiger partial charge is 0.416 e. The van der Waals surface area contributed by atoms with Gasteiger partial charge in [-0.25, -0.2) is 4.79 Å². The van der Waals surface area contributed by atoms with E-state index in [2.05, 4.69) is 17.0 Å². The molecule has 4 rings (SSSR count). The number of ether oxygens (including phenoxy) is 1. The summed E-state index contributed by atoms with van der Waals surface area (Å²) in [5.41, 5.74) is -0.240. The number of alkyl halides is 3. The lowest BCUT2D eigenvalue weighted by Crippen LogP contribution is -2.58. The number of benzene rings is 1. The molecule has 1 heterocycles. The maximum Gasteiger partial charge on any atom is 0.416 e. The number of fused-ring (bicyclic) bond motifs is 1. The summed E-state index contributed by atoms with van der Waals surface area (Å²) in [6, 6.07) is 4.62. The molecule has 30 heavy (non-hydrogen) atoms. The van der Waals surface area contributed by atoms with Gasteiger partial charge in [0.1, 0.15) is 0 Å². The lowest BCUT2D eigenvalue weighted by atomic mass is 9.69. The molecule has 0 unspecified atom stereocenters. The van der Waals surface area contributed by atoms with Gasteiger partial charge in [0.25, 0.3) is 0 Å². The second kappa shape index (κ2) is 6.62. The van der Waals surface area contributed by atoms with Gasteiger partial charge in [-0.15, -0.1) is 0 Å². The molecule has 0 spiro atoms. The van der Waals surface area contributed by atoms with Gasteiger partial charge in [0.15, 0.2) is 0 Å². The average molecular weight is 424 g/mol. The zero-order valence-corrected chi connectivity index (χ0v) is 17.6. The molecule has 1 saturated heterocycles. The maximum atomic E-state index is 13.3. The number of amides is 2. The summed E-state index contributed by atoms with van der Waals surface area (Å²) in [5.74, 6) is 0.176. The van der Waals surface area contributed by atoms with Gasteiger partial charge in [0.2, 0.25) is 5.91 Å². The van der Waals surface area contributed by atoms with Crippen molar-refractivity contribution in [2.75, 3.05) is 20.2 Å². The summed E-state index contributed by atoms with van der Waals surface area (Å²) in [4.78, 5) is 26.2. The molecule has 3 atom stereocenters. The van der Waals surface area contributed by atoms with Crippen LogP contribution in [0.4, 0.5) is 18.0 Å². The number of rotatable bonds is 3. The average Bonchev–Trinajstić information content (AvgIpc) is 3.03. The number of likely N-dealkylation sites (tertiary alicyclic amines) is 1. The first-order chi connectivity index (χ1) is 13.9. The van der Waals surface area contributed by atoms with Crippen LogP contribution >= 0.6 is 0 Å². The van der Waals surface area contributed by atoms with Crippen molar-refractivity contribution >= 4 is 12.0 Å². The number of carbonyl (C=O) groups is 2. The zero-order valence-electron chi connectivity index (χ0n) is 17.6. The maximum absolute atomic E-state index is 13.3. The normalized spacial score (nSPS) is 34.8. The van der Waals surface area contributed by atoms with Crippen LogP contribution in [0.15, 0.2) is 18.2 Å². The number of nitrogens with one attached hydrogen (secondary N) is 1. The molecule has 5 nitrogen and oxygen atoms in total. The quantitative estimate of drug-likeness (QED) is 0.795. The number of carbonyl (C=O) groups excluding carboxylic acids is 2. The summed E-state index contributed by atoms with van der Waals surface area (Å²) < 4.78 is 44.5. The summed E-state index contributed by atoms with van der Waals surface area (Å²) in [6.07, 6.45) is -3.73. The van der Waals surface area contributed by atoms with Crippen molar-refractivity contribution in [3.05, 3.63) is 34.9 Å². The van der Waals surface area contributed by atoms with Gasteiger partial charge in [-0.1, -0.05) is 19.1 Å². The van der Waals surface area contributed by atoms with Crippen LogP contribution in [-0.2, 0) is 15.7 Å². The number of halogens is 3. The molecular formula is C22H27F3N2O3. The Kier molecular flexibility index (Phi) is 4.64. The Morgan fingerprint density at radius 2 is 1.90 bits per heavy atom. The highest BCUT2D eigenvalue weighted by Gasteiger charge is 2.67. The van der Waals surface area contributed by atoms with Crippen molar-refractivity contribution in [2.45, 2.75) is 51.2 Å². The van der Waals surface area contributed by atoms with E-state index in [4.69, 9.17) is 0 Å². The first kappa shape index (κ1) is 21.0. The topological polar surface area (TPSA) is 58.6 Å². The van der Waals surface area contributed by atoms with E-state index in [1.807, 2.05) is 11.8 Å². The second-order valence-corrected chi connectivity index (χ2v) is 9.66. The predicted molar refractivity (Wildman–Crippen MR) is 104 cm³/mol. The minimum Gasteiger partial charge on any atom is -0.453 e. The first-order valence-electron chi connectivity index (χ1n) is 10.2. The molecule has 0 radical (unpaired) electrons. The summed E-state index contributed by atoms with van der Waals surface area (Å²) in [6.45, 7) is 6.57. The number of piperidine rings is 1. The van der Waals surface area contributed by atoms with E-state index in [0.717, 1.165) is 0 Å². The van der Waals surface area contributed by atoms with Gasteiger partial charge in [0.05, 0.1) is 12.7 Å². The molecule has 1 aromatic rings. The molecule has 164 valence electrons. The fourth-order valence-electron chi connectivity index (χ4n) is 5.68. The van der Waals surface area contributed by atoms with Crippen LogP contribution in [0.2, 0.25) is 0 Å². The minimum absolute atomic E-state index is 0.0518. The summed E-state index contributed by atoms with van der Waals surface area (Å²) in [7, 11) is 1.30. The Balaban J connectivity index is 1.38. The monoisotopic (exact) mass is 424 g/mol. The second-order valence-electron chi connectivity index (χ2n) is 9.66. The van der Waals surface area contributed by atoms with E-state index >= 15 is 0 Å². The van der Waals surface area contributed by atoms with E-state index in [-0.39, 0.29) is 34.6 Å². The van der Waals surface area contributed by atoms with Crippen LogP contribution in [0, 0.1) is 24.2 Å². The van der Waals surface area contributed by atoms with E-state index in [1.54, 1.807) is 12.1 Å². The molecule has 1 N–H and O–H groups in total. The van der Waals surface area contributed by atoms with Crippen molar-refractivity contribution in [1.29, 1.82) is 0 Å². The molecular weight excluding hydrogens is 397 g/mol. The Morgan fingerprint density at radius 3 is 2.43 bits per heavy atom. The highest BCUT2D eigenvalue weighted by atomic mass is 19.4. The van der Waals surface area contributed by atoms with E-state index in [9.17, 15) is 22.8 Å². The Labute approximate surface area is 173 Å². The van der Waals surface area contributed by atoms with Crippen molar-refractivity contribution < 1.29 is 27.5 Å². The van der Waals surface area contributed by atoms with Gasteiger partial charge in [-0.3, -0.25) is 4.79 Å². The summed E-state index contributed by atoms with van der Waals surface area (Å²) >= 11 is 0. The molecule has 2 saturated carbocycles. The van der Waals surface area contributed by atoms with Gasteiger partial charge in [-0.05, 0) is 61.1 Å². The number of hydrogen-bond donors (Lipinski definition) is 1. The third kappa shape index (κ3) is 3.34. The number of methoxy groups -OCH3 is 1. The molecule has 8 heteroatoms. The largest absolute Gasteiger partial charge is 0.453 e. The van der Waals surface area contributed by atoms with Crippen molar-refractivity contribution in [3.8, 4) is 0 Å². The van der Waals surface area contributed by atoms with Gasteiger partial charge in [-0.2, -0.15) is 13.2 Å². The highest BCUT2D eigenvalue weighted by Crippen LogP contribution is 2.68. The Morgan fingerprint density at radius 1 is 1.23 bits per heavy atom. The van der Waals surface area contributed by atoms with E-state index in [0.29, 0.717) is 31.5 Å². The highest BCUT2D eigenvalue weighted by molar-refractivity contribution is 5.81. The fourth-order valence-corrected chi connectivity index (χ4v) is 5.68. The molecule has 0 aromatic heterocycles. The molecule has 2 aliphatic carbocycles. The minimum atomic E-state index is -4.36. The van der Waals surface area contributed by atoms with Crippen LogP contribution in [0.1, 0.15) is 49.3 Å². The van der Waals surface area contributed by atoms with Crippen LogP contribution < -0.4 is 5.32 Å². The van der Waals surface area contributed by atoms with Crippen LogP contribution in [0.25, 0.3) is 0 Å². The Bertz CT molecular complexity index is 894. The van der Waals surface area contributed by atoms with Crippen molar-refractivity contribution in [2.24, 2.45) is 17.3 Å². The van der Waals surface area contributed by atoms with E-state index < -0.39 is 23.4 Å². The van der Waals surface area contributed by atoms with Crippen molar-refractivity contribution in [1.82, 2.24) is 10.2 Å². The van der Waals surface area contributed by atoms with Gasteiger partial charge >= 0.3 is 12.3 Å². The zero-order chi connectivity index (χ0) is 22.1. The lowest BCUT2D eigenvalue weighted by molar-refractivity contribution is -0.140.